The van der Waals surface area contributed by atoms with Crippen molar-refractivity contribution < 1.29 is 17.6 Å². The van der Waals surface area contributed by atoms with Crippen molar-refractivity contribution >= 4 is 12.4 Å². The van der Waals surface area contributed by atoms with Crippen LogP contribution in [-0.2, 0) is 0 Å². The van der Waals surface area contributed by atoms with E-state index in [-0.39, 0.29) is 19.0 Å². The van der Waals surface area contributed by atoms with Crippen LogP contribution in [0.15, 0.2) is 0 Å². The minimum atomic E-state index is -4.24. The monoisotopic (exact) mass is 209 g/mol. The van der Waals surface area contributed by atoms with Gasteiger partial charge in [-0.2, -0.15) is 13.2 Å². The van der Waals surface area contributed by atoms with E-state index >= 15 is 0 Å². The van der Waals surface area contributed by atoms with Crippen molar-refractivity contribution in [2.24, 2.45) is 0 Å². The third-order valence-corrected chi connectivity index (χ3v) is 1.17. The summed E-state index contributed by atoms with van der Waals surface area (Å²) in [6, 6.07) is 0. The molecule has 0 heterocycles. The van der Waals surface area contributed by atoms with Gasteiger partial charge in [0.15, 0.2) is 0 Å². The third kappa shape index (κ3) is 9.97. The highest BCUT2D eigenvalue weighted by Gasteiger charge is 2.27. The first-order valence-corrected chi connectivity index (χ1v) is 3.31. The zero-order valence-electron chi connectivity index (χ0n) is 6.62. The molecule has 0 aromatic heterocycles. The molecule has 0 spiro atoms. The largest absolute Gasteiger partial charge is 0.389 e. The number of nitrogens with one attached hydrogen (secondary N) is 1. The fourth-order valence-electron chi connectivity index (χ4n) is 0.644. The predicted octanol–water partition coefficient (Wildman–Crippen LogP) is 2.31. The van der Waals surface area contributed by atoms with E-state index < -0.39 is 25.2 Å². The summed E-state index contributed by atoms with van der Waals surface area (Å²) >= 11 is 0. The maximum atomic E-state index is 12.4. The van der Waals surface area contributed by atoms with E-state index in [2.05, 4.69) is 5.32 Å². The topological polar surface area (TPSA) is 12.0 Å². The van der Waals surface area contributed by atoms with Crippen molar-refractivity contribution in [2.75, 3.05) is 13.6 Å². The van der Waals surface area contributed by atoms with Crippen LogP contribution in [0.1, 0.15) is 12.8 Å². The van der Waals surface area contributed by atoms with Crippen molar-refractivity contribution in [3.8, 4) is 0 Å². The second kappa shape index (κ2) is 6.48. The molecule has 0 aromatic rings. The van der Waals surface area contributed by atoms with Gasteiger partial charge in [-0.1, -0.05) is 0 Å². The molecule has 0 aliphatic carbocycles. The maximum absolute atomic E-state index is 12.4. The van der Waals surface area contributed by atoms with Gasteiger partial charge in [-0.25, -0.2) is 4.39 Å². The molecule has 76 valence electrons. The first-order valence-electron chi connectivity index (χ1n) is 3.31. The second-order valence-electron chi connectivity index (χ2n) is 2.31. The molecule has 0 saturated carbocycles. The highest BCUT2D eigenvalue weighted by atomic mass is 35.5. The van der Waals surface area contributed by atoms with Crippen LogP contribution in [0.4, 0.5) is 17.6 Å². The maximum Gasteiger partial charge on any atom is 0.389 e. The van der Waals surface area contributed by atoms with Crippen LogP contribution < -0.4 is 5.32 Å². The van der Waals surface area contributed by atoms with Crippen molar-refractivity contribution in [2.45, 2.75) is 25.2 Å². The SMILES string of the molecule is CNCC(F)CCC(F)(F)F.Cl. The van der Waals surface area contributed by atoms with E-state index in [1.54, 1.807) is 0 Å². The Balaban J connectivity index is 0. The molecule has 0 bridgehead atoms. The minimum absolute atomic E-state index is 0. The molecule has 1 atom stereocenters. The average molecular weight is 210 g/mol. The first kappa shape index (κ1) is 14.5. The molecule has 0 aliphatic heterocycles. The summed E-state index contributed by atoms with van der Waals surface area (Å²) in [5.74, 6) is 0. The van der Waals surface area contributed by atoms with Crippen LogP contribution in [0.3, 0.4) is 0 Å². The fourth-order valence-corrected chi connectivity index (χ4v) is 0.644. The van der Waals surface area contributed by atoms with Crippen molar-refractivity contribution in [1.29, 1.82) is 0 Å². The lowest BCUT2D eigenvalue weighted by molar-refractivity contribution is -0.138. The number of hydrogen-bond donors (Lipinski definition) is 1. The quantitative estimate of drug-likeness (QED) is 0.701. The molecule has 0 rings (SSSR count). The van der Waals surface area contributed by atoms with Crippen LogP contribution in [0.25, 0.3) is 0 Å². The van der Waals surface area contributed by atoms with Gasteiger partial charge < -0.3 is 5.32 Å². The van der Waals surface area contributed by atoms with Crippen LogP contribution in [0.2, 0.25) is 0 Å². The second-order valence-corrected chi connectivity index (χ2v) is 2.31. The Morgan fingerprint density at radius 3 is 2.17 bits per heavy atom. The highest BCUT2D eigenvalue weighted by molar-refractivity contribution is 5.85. The van der Waals surface area contributed by atoms with Crippen LogP contribution in [-0.4, -0.2) is 25.9 Å². The van der Waals surface area contributed by atoms with E-state index in [0.717, 1.165) is 0 Å². The van der Waals surface area contributed by atoms with Gasteiger partial charge in [0.2, 0.25) is 0 Å². The Labute approximate surface area is 74.9 Å². The highest BCUT2D eigenvalue weighted by Crippen LogP contribution is 2.22. The molecule has 0 radical (unpaired) electrons. The number of rotatable bonds is 4. The third-order valence-electron chi connectivity index (χ3n) is 1.17. The molecular formula is C6H12ClF4N. The predicted molar refractivity (Wildman–Crippen MR) is 41.4 cm³/mol. The molecule has 0 saturated heterocycles. The zero-order valence-corrected chi connectivity index (χ0v) is 7.44. The van der Waals surface area contributed by atoms with E-state index in [9.17, 15) is 17.6 Å². The van der Waals surface area contributed by atoms with E-state index in [1.165, 1.54) is 7.05 Å². The summed E-state index contributed by atoms with van der Waals surface area (Å²) in [5, 5.41) is 2.46. The lowest BCUT2D eigenvalue weighted by Crippen LogP contribution is -2.21. The van der Waals surface area contributed by atoms with Crippen molar-refractivity contribution in [3.05, 3.63) is 0 Å². The number of alkyl halides is 4. The summed E-state index contributed by atoms with van der Waals surface area (Å²) < 4.78 is 46.8. The van der Waals surface area contributed by atoms with E-state index in [0.29, 0.717) is 0 Å². The zero-order chi connectivity index (χ0) is 8.91. The molecule has 0 amide bonds. The van der Waals surface area contributed by atoms with Gasteiger partial charge in [0.05, 0.1) is 0 Å². The molecule has 1 N–H and O–H groups in total. The average Bonchev–Trinajstić information content (AvgIpc) is 1.83. The van der Waals surface area contributed by atoms with Gasteiger partial charge in [0, 0.05) is 13.0 Å². The molecule has 6 heteroatoms. The Bertz CT molecular complexity index is 106. The summed E-state index contributed by atoms with van der Waals surface area (Å²) in [4.78, 5) is 0. The standard InChI is InChI=1S/C6H11F4N.ClH/c1-11-4-5(7)2-3-6(8,9)10;/h5,11H,2-4H2,1H3;1H. The lowest BCUT2D eigenvalue weighted by Gasteiger charge is -2.08. The van der Waals surface area contributed by atoms with Crippen LogP contribution in [0.5, 0.6) is 0 Å². The molecule has 1 unspecified atom stereocenters. The Morgan fingerprint density at radius 1 is 1.33 bits per heavy atom. The summed E-state index contributed by atoms with van der Waals surface area (Å²) in [5.41, 5.74) is 0. The van der Waals surface area contributed by atoms with Crippen LogP contribution >= 0.6 is 12.4 Å². The van der Waals surface area contributed by atoms with Crippen molar-refractivity contribution in [1.82, 2.24) is 5.32 Å². The summed E-state index contributed by atoms with van der Waals surface area (Å²) in [6.45, 7) is -0.0178. The van der Waals surface area contributed by atoms with Gasteiger partial charge in [0.1, 0.15) is 6.17 Å². The fraction of sp³-hybridized carbons (Fsp3) is 1.00. The number of halogens is 5. The summed E-state index contributed by atoms with van der Waals surface area (Å²) in [7, 11) is 1.50. The molecule has 0 fully saturated rings. The van der Waals surface area contributed by atoms with Gasteiger partial charge in [-0.15, -0.1) is 12.4 Å². The van der Waals surface area contributed by atoms with E-state index in [1.807, 2.05) is 0 Å². The first-order chi connectivity index (χ1) is 4.95. The molecular weight excluding hydrogens is 198 g/mol. The van der Waals surface area contributed by atoms with Gasteiger partial charge in [-0.3, -0.25) is 0 Å². The Kier molecular flexibility index (Phi) is 7.83. The molecule has 1 nitrogen and oxygen atoms in total. The van der Waals surface area contributed by atoms with Gasteiger partial charge in [-0.05, 0) is 13.5 Å². The normalized spacial score (nSPS) is 13.8. The van der Waals surface area contributed by atoms with Crippen LogP contribution in [0, 0.1) is 0 Å². The lowest BCUT2D eigenvalue weighted by atomic mass is 10.2. The van der Waals surface area contributed by atoms with Crippen molar-refractivity contribution in [3.63, 3.8) is 0 Å². The molecule has 12 heavy (non-hydrogen) atoms. The number of hydrogen-bond acceptors (Lipinski definition) is 1. The smallest absolute Gasteiger partial charge is 0.317 e. The van der Waals surface area contributed by atoms with E-state index in [4.69, 9.17) is 0 Å². The Morgan fingerprint density at radius 2 is 1.83 bits per heavy atom. The van der Waals surface area contributed by atoms with Gasteiger partial charge in [0.25, 0.3) is 0 Å². The Hall–Kier alpha value is -0.0300. The minimum Gasteiger partial charge on any atom is -0.317 e. The molecule has 0 aromatic carbocycles. The summed E-state index contributed by atoms with van der Waals surface area (Å²) in [6.07, 6.45) is -7.14. The van der Waals surface area contributed by atoms with Gasteiger partial charge >= 0.3 is 6.18 Å². The molecule has 0 aliphatic rings.